The van der Waals surface area contributed by atoms with E-state index in [1.54, 1.807) is 0 Å². The van der Waals surface area contributed by atoms with E-state index in [0.29, 0.717) is 0 Å². The summed E-state index contributed by atoms with van der Waals surface area (Å²) in [4.78, 5) is 14.7. The summed E-state index contributed by atoms with van der Waals surface area (Å²) in [6.07, 6.45) is 2.99. The van der Waals surface area contributed by atoms with Crippen LogP contribution in [-0.2, 0) is 11.3 Å². The second-order valence-corrected chi connectivity index (χ2v) is 6.63. The van der Waals surface area contributed by atoms with Crippen LogP contribution in [0.2, 0.25) is 5.02 Å². The first-order valence-electron chi connectivity index (χ1n) is 7.79. The van der Waals surface area contributed by atoms with E-state index < -0.39 is 0 Å². The Labute approximate surface area is 132 Å². The number of likely N-dealkylation sites (tertiary alicyclic amines) is 1. The number of hydrogen-bond donors (Lipinski definition) is 1. The van der Waals surface area contributed by atoms with Crippen LogP contribution in [0.1, 0.15) is 38.7 Å². The molecule has 0 aliphatic carbocycles. The highest BCUT2D eigenvalue weighted by Gasteiger charge is 2.37. The van der Waals surface area contributed by atoms with Gasteiger partial charge in [0.25, 0.3) is 0 Å². The Morgan fingerprint density at radius 3 is 2.90 bits per heavy atom. The van der Waals surface area contributed by atoms with E-state index in [0.717, 1.165) is 56.0 Å². The van der Waals surface area contributed by atoms with Gasteiger partial charge in [-0.1, -0.05) is 36.7 Å². The number of carbonyl (C=O) groups excluding carboxylic acids is 1. The van der Waals surface area contributed by atoms with Crippen LogP contribution in [0.15, 0.2) is 24.3 Å². The first-order valence-corrected chi connectivity index (χ1v) is 8.17. The van der Waals surface area contributed by atoms with E-state index in [4.69, 9.17) is 11.6 Å². The molecular weight excluding hydrogens is 284 g/mol. The Balaban J connectivity index is 2.00. The zero-order chi connectivity index (χ0) is 15.3. The van der Waals surface area contributed by atoms with E-state index in [2.05, 4.69) is 30.1 Å². The number of hydrogen-bond acceptors (Lipinski definition) is 2. The van der Waals surface area contributed by atoms with Gasteiger partial charge >= 0.3 is 0 Å². The molecule has 1 heterocycles. The highest BCUT2D eigenvalue weighted by Crippen LogP contribution is 2.31. The summed E-state index contributed by atoms with van der Waals surface area (Å²) in [5.74, 6) is 0.188. The van der Waals surface area contributed by atoms with Gasteiger partial charge in [0.15, 0.2) is 0 Å². The number of benzene rings is 1. The van der Waals surface area contributed by atoms with Crippen LogP contribution in [0, 0.1) is 5.41 Å². The van der Waals surface area contributed by atoms with Crippen LogP contribution in [0.5, 0.6) is 0 Å². The van der Waals surface area contributed by atoms with Crippen LogP contribution in [0.25, 0.3) is 0 Å². The summed E-state index contributed by atoms with van der Waals surface area (Å²) in [6, 6.07) is 7.95. The van der Waals surface area contributed by atoms with E-state index in [-0.39, 0.29) is 11.3 Å². The fraction of sp³-hybridized carbons (Fsp3) is 0.588. The molecule has 0 radical (unpaired) electrons. The van der Waals surface area contributed by atoms with E-state index in [1.165, 1.54) is 0 Å². The molecule has 0 spiro atoms. The standard InChI is InChI=1S/C17H25ClN2O/c1-3-10-19-16(21)17(2)9-6-11-20(13-17)12-14-7-4-5-8-15(14)18/h4-5,7-8H,3,6,9-13H2,1-2H3,(H,19,21). The molecule has 1 amide bonds. The van der Waals surface area contributed by atoms with Crippen LogP contribution in [0.4, 0.5) is 0 Å². The molecule has 0 saturated carbocycles. The third kappa shape index (κ3) is 4.21. The SMILES string of the molecule is CCCNC(=O)C1(C)CCCN(Cc2ccccc2Cl)C1. The van der Waals surface area contributed by atoms with Gasteiger partial charge in [-0.05, 0) is 44.4 Å². The zero-order valence-electron chi connectivity index (χ0n) is 13.0. The van der Waals surface area contributed by atoms with Crippen molar-refractivity contribution in [3.05, 3.63) is 34.9 Å². The van der Waals surface area contributed by atoms with E-state index in [1.807, 2.05) is 18.2 Å². The summed E-state index contributed by atoms with van der Waals surface area (Å²) < 4.78 is 0. The molecular formula is C17H25ClN2O. The maximum Gasteiger partial charge on any atom is 0.227 e. The first-order chi connectivity index (χ1) is 10.0. The predicted molar refractivity (Wildman–Crippen MR) is 87.4 cm³/mol. The van der Waals surface area contributed by atoms with Gasteiger partial charge in [-0.15, -0.1) is 0 Å². The maximum atomic E-state index is 12.4. The van der Waals surface area contributed by atoms with Crippen LogP contribution < -0.4 is 5.32 Å². The smallest absolute Gasteiger partial charge is 0.227 e. The minimum Gasteiger partial charge on any atom is -0.356 e. The lowest BCUT2D eigenvalue weighted by molar-refractivity contribution is -0.133. The average Bonchev–Trinajstić information content (AvgIpc) is 2.47. The Hall–Kier alpha value is -1.06. The molecule has 4 heteroatoms. The van der Waals surface area contributed by atoms with Gasteiger partial charge in [-0.25, -0.2) is 0 Å². The van der Waals surface area contributed by atoms with Crippen molar-refractivity contribution < 1.29 is 4.79 Å². The van der Waals surface area contributed by atoms with Gasteiger partial charge in [0.05, 0.1) is 5.41 Å². The second kappa shape index (κ2) is 7.28. The van der Waals surface area contributed by atoms with Crippen LogP contribution >= 0.6 is 11.6 Å². The lowest BCUT2D eigenvalue weighted by Gasteiger charge is -2.39. The number of amides is 1. The molecule has 1 aliphatic heterocycles. The molecule has 1 aliphatic rings. The fourth-order valence-electron chi connectivity index (χ4n) is 2.98. The van der Waals surface area contributed by atoms with Crippen molar-refractivity contribution in [3.8, 4) is 0 Å². The second-order valence-electron chi connectivity index (χ2n) is 6.22. The largest absolute Gasteiger partial charge is 0.356 e. The third-order valence-corrected chi connectivity index (χ3v) is 4.58. The highest BCUT2D eigenvalue weighted by molar-refractivity contribution is 6.31. The van der Waals surface area contributed by atoms with Crippen molar-refractivity contribution in [2.45, 2.75) is 39.7 Å². The Morgan fingerprint density at radius 2 is 2.19 bits per heavy atom. The molecule has 0 aromatic heterocycles. The van der Waals surface area contributed by atoms with Crippen molar-refractivity contribution in [2.24, 2.45) is 5.41 Å². The summed E-state index contributed by atoms with van der Waals surface area (Å²) >= 11 is 6.24. The van der Waals surface area contributed by atoms with Crippen LogP contribution in [-0.4, -0.2) is 30.4 Å². The molecule has 1 fully saturated rings. The van der Waals surface area contributed by atoms with Gasteiger partial charge in [0.1, 0.15) is 0 Å². The number of nitrogens with zero attached hydrogens (tertiary/aromatic N) is 1. The molecule has 1 saturated heterocycles. The molecule has 1 N–H and O–H groups in total. The molecule has 2 rings (SSSR count). The number of piperidine rings is 1. The topological polar surface area (TPSA) is 32.3 Å². The molecule has 1 aromatic rings. The third-order valence-electron chi connectivity index (χ3n) is 4.21. The maximum absolute atomic E-state index is 12.4. The summed E-state index contributed by atoms with van der Waals surface area (Å²) in [5.41, 5.74) is 0.853. The molecule has 3 nitrogen and oxygen atoms in total. The lowest BCUT2D eigenvalue weighted by atomic mass is 9.80. The zero-order valence-corrected chi connectivity index (χ0v) is 13.7. The van der Waals surface area contributed by atoms with Gasteiger partial charge in [-0.2, -0.15) is 0 Å². The molecule has 21 heavy (non-hydrogen) atoms. The molecule has 0 bridgehead atoms. The minimum atomic E-state index is -0.283. The molecule has 116 valence electrons. The highest BCUT2D eigenvalue weighted by atomic mass is 35.5. The van der Waals surface area contributed by atoms with Crippen molar-refractivity contribution in [1.82, 2.24) is 10.2 Å². The van der Waals surface area contributed by atoms with Crippen molar-refractivity contribution in [1.29, 1.82) is 0 Å². The van der Waals surface area contributed by atoms with Gasteiger partial charge in [0, 0.05) is 24.7 Å². The van der Waals surface area contributed by atoms with E-state index >= 15 is 0 Å². The monoisotopic (exact) mass is 308 g/mol. The summed E-state index contributed by atoms with van der Waals surface area (Å²) in [5, 5.41) is 3.85. The lowest BCUT2D eigenvalue weighted by Crippen LogP contribution is -2.50. The number of carbonyl (C=O) groups is 1. The van der Waals surface area contributed by atoms with Gasteiger partial charge in [0.2, 0.25) is 5.91 Å². The normalized spacial score (nSPS) is 23.0. The van der Waals surface area contributed by atoms with Crippen molar-refractivity contribution >= 4 is 17.5 Å². The predicted octanol–water partition coefficient (Wildman–Crippen LogP) is 3.47. The molecule has 1 unspecified atom stereocenters. The van der Waals surface area contributed by atoms with Gasteiger partial charge < -0.3 is 5.32 Å². The molecule has 1 aromatic carbocycles. The average molecular weight is 309 g/mol. The number of nitrogens with one attached hydrogen (secondary N) is 1. The Bertz CT molecular complexity index is 491. The van der Waals surface area contributed by atoms with Crippen LogP contribution in [0.3, 0.4) is 0 Å². The quantitative estimate of drug-likeness (QED) is 0.903. The van der Waals surface area contributed by atoms with Crippen molar-refractivity contribution in [2.75, 3.05) is 19.6 Å². The van der Waals surface area contributed by atoms with E-state index in [9.17, 15) is 4.79 Å². The number of rotatable bonds is 5. The Morgan fingerprint density at radius 1 is 1.43 bits per heavy atom. The molecule has 1 atom stereocenters. The Kier molecular flexibility index (Phi) is 5.65. The van der Waals surface area contributed by atoms with Crippen molar-refractivity contribution in [3.63, 3.8) is 0 Å². The fourth-order valence-corrected chi connectivity index (χ4v) is 3.18. The number of halogens is 1. The minimum absolute atomic E-state index is 0.188. The van der Waals surface area contributed by atoms with Gasteiger partial charge in [-0.3, -0.25) is 9.69 Å². The summed E-state index contributed by atoms with van der Waals surface area (Å²) in [6.45, 7) is 7.56. The summed E-state index contributed by atoms with van der Waals surface area (Å²) in [7, 11) is 0. The first kappa shape index (κ1) is 16.3.